The molecule has 0 fully saturated rings. The molecule has 0 saturated heterocycles. The van der Waals surface area contributed by atoms with Crippen LogP contribution in [-0.2, 0) is 25.2 Å². The van der Waals surface area contributed by atoms with Crippen LogP contribution in [-0.4, -0.2) is 29.9 Å². The van der Waals surface area contributed by atoms with Crippen molar-refractivity contribution in [3.05, 3.63) is 89.5 Å². The van der Waals surface area contributed by atoms with Crippen molar-refractivity contribution in [2.45, 2.75) is 117 Å². The Hall–Kier alpha value is -3.15. The average molecular weight is 695 g/mol. The van der Waals surface area contributed by atoms with Crippen LogP contribution in [0.2, 0.25) is 0 Å². The molecule has 0 unspecified atom stereocenters. The lowest BCUT2D eigenvalue weighted by Gasteiger charge is -2.42. The van der Waals surface area contributed by atoms with Gasteiger partial charge in [0, 0.05) is 14.7 Å². The molecule has 3 aromatic carbocycles. The fraction of sp³-hybridized carbons (Fsp3) is 0.457. The molecule has 12 heteroatoms. The topological polar surface area (TPSA) is 26.3 Å². The Labute approximate surface area is 271 Å². The summed E-state index contributed by atoms with van der Waals surface area (Å²) in [4.78, 5) is 13.3. The summed E-state index contributed by atoms with van der Waals surface area (Å²) < 4.78 is 131. The van der Waals surface area contributed by atoms with Crippen molar-refractivity contribution in [2.24, 2.45) is 0 Å². The second-order valence-corrected chi connectivity index (χ2v) is 17.2. The fourth-order valence-corrected chi connectivity index (χ4v) is 7.66. The standard InChI is InChI=1S/C35H39F9O2S/c1-29(2,3)22-10-16-25(17-11-22)47(26-18-12-23(13-19-26)30(4,5)6,27-20-14-24(15-21-27)31(7,8)9)46-28(45)32(36,37)33(38,39)34(40,41)35(42,43)44/h10-21H,1-9H3. The molecule has 3 aromatic rings. The Balaban J connectivity index is 2.43. The third-order valence-corrected chi connectivity index (χ3v) is 11.0. The zero-order chi connectivity index (χ0) is 36.2. The van der Waals surface area contributed by atoms with Gasteiger partial charge in [-0.2, -0.15) is 39.5 Å². The fourth-order valence-electron chi connectivity index (χ4n) is 4.66. The van der Waals surface area contributed by atoms with Gasteiger partial charge < -0.3 is 4.18 Å². The van der Waals surface area contributed by atoms with Gasteiger partial charge in [0.25, 0.3) is 0 Å². The first kappa shape index (κ1) is 38.3. The molecule has 0 radical (unpaired) electrons. The number of alkyl halides is 9. The molecule has 0 heterocycles. The van der Waals surface area contributed by atoms with E-state index in [2.05, 4.69) is 0 Å². The van der Waals surface area contributed by atoms with Crippen molar-refractivity contribution in [1.29, 1.82) is 0 Å². The van der Waals surface area contributed by atoms with Crippen LogP contribution >= 0.6 is 10.3 Å². The summed E-state index contributed by atoms with van der Waals surface area (Å²) in [5, 5.41) is 0. The zero-order valence-electron chi connectivity index (χ0n) is 27.6. The normalized spacial score (nSPS) is 14.6. The van der Waals surface area contributed by atoms with Gasteiger partial charge in [-0.3, -0.25) is 0 Å². The molecule has 0 aliphatic rings. The van der Waals surface area contributed by atoms with E-state index in [1.54, 1.807) is 36.4 Å². The maximum absolute atomic E-state index is 15.2. The lowest BCUT2D eigenvalue weighted by molar-refractivity contribution is -0.390. The summed E-state index contributed by atoms with van der Waals surface area (Å²) >= 11 is 0. The van der Waals surface area contributed by atoms with E-state index in [9.17, 15) is 35.5 Å². The number of benzene rings is 3. The molecule has 47 heavy (non-hydrogen) atoms. The quantitative estimate of drug-likeness (QED) is 0.230. The van der Waals surface area contributed by atoms with Gasteiger partial charge in [-0.1, -0.05) is 98.7 Å². The Morgan fingerprint density at radius 2 is 0.723 bits per heavy atom. The van der Waals surface area contributed by atoms with Gasteiger partial charge in [0.1, 0.15) is 0 Å². The van der Waals surface area contributed by atoms with E-state index in [0.717, 1.165) is 16.7 Å². The Morgan fingerprint density at radius 1 is 0.468 bits per heavy atom. The van der Waals surface area contributed by atoms with Crippen LogP contribution in [0.3, 0.4) is 0 Å². The molecule has 0 aliphatic heterocycles. The van der Waals surface area contributed by atoms with Crippen LogP contribution in [0.15, 0.2) is 87.5 Å². The van der Waals surface area contributed by atoms with Gasteiger partial charge in [0.15, 0.2) is 0 Å². The van der Waals surface area contributed by atoms with Gasteiger partial charge >= 0.3 is 29.9 Å². The monoisotopic (exact) mass is 694 g/mol. The highest BCUT2D eigenvalue weighted by Gasteiger charge is 2.84. The van der Waals surface area contributed by atoms with E-state index in [1.165, 1.54) is 36.4 Å². The second kappa shape index (κ2) is 12.1. The molecular formula is C35H39F9O2S. The molecule has 0 spiro atoms. The van der Waals surface area contributed by atoms with E-state index in [-0.39, 0.29) is 14.7 Å². The molecule has 3 rings (SSSR count). The average Bonchev–Trinajstić information content (AvgIpc) is 2.94. The molecule has 0 saturated carbocycles. The first-order chi connectivity index (χ1) is 21.0. The third kappa shape index (κ3) is 7.03. The summed E-state index contributed by atoms with van der Waals surface area (Å²) in [5.41, 5.74) is 1.05. The Morgan fingerprint density at radius 3 is 0.936 bits per heavy atom. The van der Waals surface area contributed by atoms with Crippen molar-refractivity contribution >= 4 is 16.3 Å². The molecule has 0 N–H and O–H groups in total. The highest BCUT2D eigenvalue weighted by Crippen LogP contribution is 2.70. The lowest BCUT2D eigenvalue weighted by Crippen LogP contribution is -2.63. The first-order valence-corrected chi connectivity index (χ1v) is 16.2. The van der Waals surface area contributed by atoms with Crippen LogP contribution in [0.1, 0.15) is 79.0 Å². The minimum Gasteiger partial charge on any atom is -0.397 e. The smallest absolute Gasteiger partial charge is 0.397 e. The molecule has 0 aliphatic carbocycles. The van der Waals surface area contributed by atoms with E-state index in [4.69, 9.17) is 4.18 Å². The van der Waals surface area contributed by atoms with Crippen LogP contribution < -0.4 is 0 Å². The SMILES string of the molecule is CC(C)(C)c1ccc(S(OC(=O)C(F)(F)C(F)(F)C(F)(F)C(F)(F)F)(c2ccc(C(C)(C)C)cc2)c2ccc(C(C)(C)C)cc2)cc1. The summed E-state index contributed by atoms with van der Waals surface area (Å²) in [5.74, 6) is -24.3. The van der Waals surface area contributed by atoms with E-state index in [0.29, 0.717) is 0 Å². The van der Waals surface area contributed by atoms with Crippen molar-refractivity contribution in [2.75, 3.05) is 0 Å². The van der Waals surface area contributed by atoms with Crippen molar-refractivity contribution in [3.8, 4) is 0 Å². The number of halogens is 9. The van der Waals surface area contributed by atoms with E-state index >= 15 is 8.78 Å². The molecule has 0 atom stereocenters. The van der Waals surface area contributed by atoms with Crippen LogP contribution in [0, 0.1) is 0 Å². The predicted molar refractivity (Wildman–Crippen MR) is 165 cm³/mol. The van der Waals surface area contributed by atoms with Gasteiger partial charge in [0.2, 0.25) is 0 Å². The summed E-state index contributed by atoms with van der Waals surface area (Å²) in [6, 6.07) is 18.3. The molecule has 0 amide bonds. The van der Waals surface area contributed by atoms with Crippen molar-refractivity contribution in [3.63, 3.8) is 0 Å². The summed E-state index contributed by atoms with van der Waals surface area (Å²) in [6.45, 7) is 17.0. The predicted octanol–water partition coefficient (Wildman–Crippen LogP) is 11.8. The zero-order valence-corrected chi connectivity index (χ0v) is 28.4. The Kier molecular flexibility index (Phi) is 9.84. The van der Waals surface area contributed by atoms with Crippen molar-refractivity contribution < 1.29 is 48.5 Å². The van der Waals surface area contributed by atoms with Crippen LogP contribution in [0.25, 0.3) is 0 Å². The summed E-state index contributed by atoms with van der Waals surface area (Å²) in [7, 11) is -3.83. The number of rotatable bonds is 7. The third-order valence-electron chi connectivity index (χ3n) is 7.76. The minimum atomic E-state index is -7.27. The second-order valence-electron chi connectivity index (χ2n) is 14.5. The van der Waals surface area contributed by atoms with E-state index in [1.807, 2.05) is 62.3 Å². The molecule has 260 valence electrons. The highest BCUT2D eigenvalue weighted by atomic mass is 32.3. The highest BCUT2D eigenvalue weighted by molar-refractivity contribution is 8.30. The van der Waals surface area contributed by atoms with E-state index < -0.39 is 56.5 Å². The number of carbonyl (C=O) groups excluding carboxylic acids is 1. The minimum absolute atomic E-state index is 0.0348. The number of carbonyl (C=O) groups is 1. The van der Waals surface area contributed by atoms with Crippen LogP contribution in [0.4, 0.5) is 39.5 Å². The Bertz CT molecular complexity index is 1420. The number of hydrogen-bond donors (Lipinski definition) is 0. The molecular weight excluding hydrogens is 655 g/mol. The number of hydrogen-bond acceptors (Lipinski definition) is 2. The van der Waals surface area contributed by atoms with Gasteiger partial charge in [-0.25, -0.2) is 4.79 Å². The van der Waals surface area contributed by atoms with Crippen molar-refractivity contribution in [1.82, 2.24) is 0 Å². The van der Waals surface area contributed by atoms with Crippen LogP contribution in [0.5, 0.6) is 0 Å². The lowest BCUT2D eigenvalue weighted by atomic mass is 9.87. The molecule has 0 bridgehead atoms. The maximum atomic E-state index is 15.2. The molecule has 2 nitrogen and oxygen atoms in total. The molecule has 0 aromatic heterocycles. The summed E-state index contributed by atoms with van der Waals surface area (Å²) in [6.07, 6.45) is -7.10. The maximum Gasteiger partial charge on any atom is 0.460 e. The van der Waals surface area contributed by atoms with Gasteiger partial charge in [0.05, 0.1) is 0 Å². The van der Waals surface area contributed by atoms with Gasteiger partial charge in [-0.15, -0.1) is 0 Å². The largest absolute Gasteiger partial charge is 0.460 e. The van der Waals surface area contributed by atoms with Gasteiger partial charge in [-0.05, 0) is 79.6 Å². The first-order valence-electron chi connectivity index (χ1n) is 14.6.